The Labute approximate surface area is 156 Å². The lowest BCUT2D eigenvalue weighted by molar-refractivity contribution is -0.141. The van der Waals surface area contributed by atoms with Crippen LogP contribution in [0.1, 0.15) is 22.3 Å². The van der Waals surface area contributed by atoms with Gasteiger partial charge in [0, 0.05) is 21.0 Å². The van der Waals surface area contributed by atoms with Gasteiger partial charge in [-0.1, -0.05) is 29.3 Å². The van der Waals surface area contributed by atoms with E-state index in [4.69, 9.17) is 25.8 Å². The standard InChI is InChI=1S/C19H19ClO4S/c1-12-3-4-17(13(2)5-12)25-10-18(21)23-9-15-7-16(20)6-14-8-22-11-24-19(14)15/h3-7H,8-11H2,1-2H3. The second kappa shape index (κ2) is 8.13. The van der Waals surface area contributed by atoms with Crippen LogP contribution < -0.4 is 4.74 Å². The molecule has 0 saturated heterocycles. The third kappa shape index (κ3) is 4.69. The highest BCUT2D eigenvalue weighted by molar-refractivity contribution is 8.00. The van der Waals surface area contributed by atoms with Gasteiger partial charge in [0.1, 0.15) is 12.4 Å². The molecule has 132 valence electrons. The number of fused-ring (bicyclic) bond motifs is 1. The minimum absolute atomic E-state index is 0.134. The third-order valence-electron chi connectivity index (χ3n) is 3.82. The number of carbonyl (C=O) groups excluding carboxylic acids is 1. The van der Waals surface area contributed by atoms with Crippen molar-refractivity contribution in [3.8, 4) is 5.75 Å². The van der Waals surface area contributed by atoms with Crippen LogP contribution in [0.5, 0.6) is 5.75 Å². The van der Waals surface area contributed by atoms with Crippen molar-refractivity contribution < 1.29 is 19.0 Å². The summed E-state index contributed by atoms with van der Waals surface area (Å²) in [5.41, 5.74) is 4.00. The summed E-state index contributed by atoms with van der Waals surface area (Å²) < 4.78 is 16.2. The molecule has 0 N–H and O–H groups in total. The predicted octanol–water partition coefficient (Wildman–Crippen LogP) is 4.66. The van der Waals surface area contributed by atoms with E-state index < -0.39 is 0 Å². The molecule has 4 nitrogen and oxygen atoms in total. The average molecular weight is 379 g/mol. The summed E-state index contributed by atoms with van der Waals surface area (Å²) in [6, 6.07) is 9.74. The summed E-state index contributed by atoms with van der Waals surface area (Å²) in [6.07, 6.45) is 0. The van der Waals surface area contributed by atoms with Crippen LogP contribution >= 0.6 is 23.4 Å². The van der Waals surface area contributed by atoms with E-state index in [0.29, 0.717) is 17.4 Å². The predicted molar refractivity (Wildman–Crippen MR) is 98.2 cm³/mol. The Morgan fingerprint density at radius 2 is 2.12 bits per heavy atom. The van der Waals surface area contributed by atoms with Gasteiger partial charge in [-0.2, -0.15) is 0 Å². The molecule has 0 aromatic heterocycles. The first kappa shape index (κ1) is 18.1. The topological polar surface area (TPSA) is 44.8 Å². The van der Waals surface area contributed by atoms with E-state index >= 15 is 0 Å². The number of ether oxygens (including phenoxy) is 3. The van der Waals surface area contributed by atoms with E-state index in [9.17, 15) is 4.79 Å². The van der Waals surface area contributed by atoms with Crippen LogP contribution in [0.25, 0.3) is 0 Å². The Morgan fingerprint density at radius 3 is 2.92 bits per heavy atom. The first-order valence-electron chi connectivity index (χ1n) is 7.90. The second-order valence-electron chi connectivity index (χ2n) is 5.88. The van der Waals surface area contributed by atoms with Gasteiger partial charge in [0.15, 0.2) is 6.79 Å². The molecule has 1 aliphatic heterocycles. The Hall–Kier alpha value is -1.69. The fourth-order valence-corrected chi connectivity index (χ4v) is 3.73. The minimum atomic E-state index is -0.272. The smallest absolute Gasteiger partial charge is 0.316 e. The molecule has 0 radical (unpaired) electrons. The summed E-state index contributed by atoms with van der Waals surface area (Å²) >= 11 is 7.59. The Bertz CT molecular complexity index is 791. The van der Waals surface area contributed by atoms with Gasteiger partial charge in [-0.15, -0.1) is 11.8 Å². The Balaban J connectivity index is 1.58. The number of aryl methyl sites for hydroxylation is 2. The molecule has 2 aromatic rings. The second-order valence-corrected chi connectivity index (χ2v) is 7.34. The van der Waals surface area contributed by atoms with Gasteiger partial charge in [-0.05, 0) is 37.6 Å². The molecule has 0 atom stereocenters. The highest BCUT2D eigenvalue weighted by atomic mass is 35.5. The highest BCUT2D eigenvalue weighted by Gasteiger charge is 2.17. The molecule has 1 aliphatic rings. The van der Waals surface area contributed by atoms with Gasteiger partial charge in [-0.25, -0.2) is 0 Å². The number of carbonyl (C=O) groups is 1. The van der Waals surface area contributed by atoms with Crippen molar-refractivity contribution >= 4 is 29.3 Å². The zero-order chi connectivity index (χ0) is 17.8. The van der Waals surface area contributed by atoms with E-state index in [1.807, 2.05) is 19.1 Å². The van der Waals surface area contributed by atoms with Crippen molar-refractivity contribution in [1.29, 1.82) is 0 Å². The fraction of sp³-hybridized carbons (Fsp3) is 0.316. The molecule has 0 saturated carbocycles. The third-order valence-corrected chi connectivity index (χ3v) is 5.18. The number of rotatable bonds is 5. The lowest BCUT2D eigenvalue weighted by Crippen LogP contribution is -2.14. The molecular formula is C19H19ClO4S. The van der Waals surface area contributed by atoms with Crippen molar-refractivity contribution in [2.75, 3.05) is 12.5 Å². The van der Waals surface area contributed by atoms with Gasteiger partial charge >= 0.3 is 5.97 Å². The maximum absolute atomic E-state index is 12.1. The summed E-state index contributed by atoms with van der Waals surface area (Å²) in [7, 11) is 0. The molecule has 0 unspecified atom stereocenters. The first-order chi connectivity index (χ1) is 12.0. The van der Waals surface area contributed by atoms with Crippen molar-refractivity contribution in [2.45, 2.75) is 32.0 Å². The monoisotopic (exact) mass is 378 g/mol. The van der Waals surface area contributed by atoms with E-state index in [0.717, 1.165) is 21.6 Å². The molecular weight excluding hydrogens is 360 g/mol. The summed E-state index contributed by atoms with van der Waals surface area (Å²) in [5, 5.41) is 0.573. The van der Waals surface area contributed by atoms with Gasteiger partial charge < -0.3 is 14.2 Å². The number of esters is 1. The van der Waals surface area contributed by atoms with Crippen LogP contribution in [0.4, 0.5) is 0 Å². The maximum Gasteiger partial charge on any atom is 0.316 e. The van der Waals surface area contributed by atoms with Gasteiger partial charge in [0.2, 0.25) is 0 Å². The number of thioether (sulfide) groups is 1. The quantitative estimate of drug-likeness (QED) is 0.559. The normalized spacial score (nSPS) is 13.1. The Morgan fingerprint density at radius 1 is 1.28 bits per heavy atom. The van der Waals surface area contributed by atoms with Crippen LogP contribution in [-0.4, -0.2) is 18.5 Å². The van der Waals surface area contributed by atoms with E-state index in [1.165, 1.54) is 17.3 Å². The lowest BCUT2D eigenvalue weighted by Gasteiger charge is -2.21. The molecule has 0 bridgehead atoms. The largest absolute Gasteiger partial charge is 0.467 e. The molecule has 25 heavy (non-hydrogen) atoms. The number of hydrogen-bond acceptors (Lipinski definition) is 5. The molecule has 3 rings (SSSR count). The first-order valence-corrected chi connectivity index (χ1v) is 9.27. The van der Waals surface area contributed by atoms with Crippen LogP contribution in [0, 0.1) is 13.8 Å². The minimum Gasteiger partial charge on any atom is -0.467 e. The van der Waals surface area contributed by atoms with Crippen molar-refractivity contribution in [2.24, 2.45) is 0 Å². The van der Waals surface area contributed by atoms with E-state index in [2.05, 4.69) is 13.0 Å². The van der Waals surface area contributed by atoms with E-state index in [-0.39, 0.29) is 25.1 Å². The zero-order valence-corrected chi connectivity index (χ0v) is 15.7. The number of halogens is 1. The van der Waals surface area contributed by atoms with Crippen molar-refractivity contribution in [3.63, 3.8) is 0 Å². The van der Waals surface area contributed by atoms with Crippen molar-refractivity contribution in [1.82, 2.24) is 0 Å². The Kier molecular flexibility index (Phi) is 5.89. The lowest BCUT2D eigenvalue weighted by atomic mass is 10.1. The van der Waals surface area contributed by atoms with Crippen LogP contribution in [0.2, 0.25) is 5.02 Å². The molecule has 2 aromatic carbocycles. The van der Waals surface area contributed by atoms with E-state index in [1.54, 1.807) is 12.1 Å². The molecule has 6 heteroatoms. The SMILES string of the molecule is Cc1ccc(SCC(=O)OCc2cc(Cl)cc3c2OCOC3)c(C)c1. The molecule has 0 amide bonds. The highest BCUT2D eigenvalue weighted by Crippen LogP contribution is 2.32. The van der Waals surface area contributed by atoms with Crippen LogP contribution in [0.15, 0.2) is 35.2 Å². The maximum atomic E-state index is 12.1. The number of hydrogen-bond donors (Lipinski definition) is 0. The van der Waals surface area contributed by atoms with Crippen molar-refractivity contribution in [3.05, 3.63) is 57.6 Å². The van der Waals surface area contributed by atoms with Gasteiger partial charge in [0.25, 0.3) is 0 Å². The summed E-state index contributed by atoms with van der Waals surface area (Å²) in [6.45, 7) is 4.86. The van der Waals surface area contributed by atoms with Crippen LogP contribution in [-0.2, 0) is 27.5 Å². The molecule has 0 spiro atoms. The zero-order valence-electron chi connectivity index (χ0n) is 14.1. The number of benzene rings is 2. The summed E-state index contributed by atoms with van der Waals surface area (Å²) in [4.78, 5) is 13.2. The molecule has 0 aliphatic carbocycles. The summed E-state index contributed by atoms with van der Waals surface area (Å²) in [5.74, 6) is 0.688. The molecule has 1 heterocycles. The van der Waals surface area contributed by atoms with Crippen LogP contribution in [0.3, 0.4) is 0 Å². The molecule has 0 fully saturated rings. The fourth-order valence-electron chi connectivity index (χ4n) is 2.66. The van der Waals surface area contributed by atoms with Gasteiger partial charge in [0.05, 0.1) is 12.4 Å². The average Bonchev–Trinajstić information content (AvgIpc) is 2.58. The van der Waals surface area contributed by atoms with Gasteiger partial charge in [-0.3, -0.25) is 4.79 Å².